The number of amides is 1. The molecule has 0 fully saturated rings. The first-order valence-corrected chi connectivity index (χ1v) is 9.03. The Hall–Kier alpha value is -2.20. The van der Waals surface area contributed by atoms with E-state index in [1.807, 2.05) is 12.1 Å². The number of rotatable bonds is 5. The molecule has 0 radical (unpaired) electrons. The van der Waals surface area contributed by atoms with Gasteiger partial charge in [-0.25, -0.2) is 0 Å². The molecule has 0 saturated carbocycles. The maximum atomic E-state index is 12.2. The van der Waals surface area contributed by atoms with Gasteiger partial charge in [-0.1, -0.05) is 23.7 Å². The van der Waals surface area contributed by atoms with Crippen LogP contribution in [0, 0.1) is 0 Å². The summed E-state index contributed by atoms with van der Waals surface area (Å²) in [7, 11) is 0. The molecular weight excluding hydrogens is 338 g/mol. The molecule has 0 aliphatic carbocycles. The molecule has 0 atom stereocenters. The van der Waals surface area contributed by atoms with Crippen LogP contribution in [0.1, 0.15) is 22.3 Å². The van der Waals surface area contributed by atoms with Gasteiger partial charge in [0.2, 0.25) is 5.91 Å². The maximum Gasteiger partial charge on any atom is 0.224 e. The lowest BCUT2D eigenvalue weighted by Gasteiger charge is -2.13. The van der Waals surface area contributed by atoms with E-state index in [1.54, 1.807) is 12.1 Å². The normalized spacial score (nSPS) is 14.4. The van der Waals surface area contributed by atoms with E-state index in [1.165, 1.54) is 16.7 Å². The molecular formula is C20H20ClNO3. The van der Waals surface area contributed by atoms with E-state index in [0.717, 1.165) is 49.5 Å². The highest BCUT2D eigenvalue weighted by Gasteiger charge is 2.26. The molecule has 2 aromatic carbocycles. The van der Waals surface area contributed by atoms with Gasteiger partial charge in [0.25, 0.3) is 0 Å². The van der Waals surface area contributed by atoms with Gasteiger partial charge in [0.1, 0.15) is 11.5 Å². The van der Waals surface area contributed by atoms with Crippen LogP contribution in [-0.2, 0) is 30.5 Å². The monoisotopic (exact) mass is 357 g/mol. The lowest BCUT2D eigenvalue weighted by Crippen LogP contribution is -2.27. The van der Waals surface area contributed by atoms with Gasteiger partial charge in [-0.2, -0.15) is 0 Å². The molecule has 2 heterocycles. The number of carbonyl (C=O) groups is 1. The molecule has 2 aliphatic rings. The van der Waals surface area contributed by atoms with Crippen molar-refractivity contribution in [2.45, 2.75) is 25.7 Å². The van der Waals surface area contributed by atoms with Gasteiger partial charge in [0, 0.05) is 41.1 Å². The fraction of sp³-hybridized carbons (Fsp3) is 0.350. The lowest BCUT2D eigenvalue weighted by atomic mass is 9.97. The van der Waals surface area contributed by atoms with Crippen LogP contribution in [-0.4, -0.2) is 25.7 Å². The molecule has 1 N–H and O–H groups in total. The molecule has 1 amide bonds. The van der Waals surface area contributed by atoms with Crippen LogP contribution in [0.5, 0.6) is 11.5 Å². The number of hydrogen-bond donors (Lipinski definition) is 1. The quantitative estimate of drug-likeness (QED) is 0.894. The maximum absolute atomic E-state index is 12.2. The molecule has 0 saturated heterocycles. The smallest absolute Gasteiger partial charge is 0.224 e. The van der Waals surface area contributed by atoms with Crippen molar-refractivity contribution in [3.05, 3.63) is 57.6 Å². The van der Waals surface area contributed by atoms with E-state index in [-0.39, 0.29) is 5.91 Å². The molecule has 2 aliphatic heterocycles. The second-order valence-corrected chi connectivity index (χ2v) is 6.86. The topological polar surface area (TPSA) is 47.6 Å². The summed E-state index contributed by atoms with van der Waals surface area (Å²) in [5.41, 5.74) is 4.63. The summed E-state index contributed by atoms with van der Waals surface area (Å²) in [6, 6.07) is 9.48. The average molecular weight is 358 g/mol. The third kappa shape index (κ3) is 3.45. The Kier molecular flexibility index (Phi) is 4.53. The van der Waals surface area contributed by atoms with E-state index in [2.05, 4.69) is 11.4 Å². The minimum Gasteiger partial charge on any atom is -0.493 e. The molecule has 0 aromatic heterocycles. The molecule has 4 rings (SSSR count). The zero-order valence-corrected chi connectivity index (χ0v) is 14.7. The Labute approximate surface area is 152 Å². The molecule has 25 heavy (non-hydrogen) atoms. The third-order valence-electron chi connectivity index (χ3n) is 4.74. The molecule has 2 aromatic rings. The molecule has 0 spiro atoms. The summed E-state index contributed by atoms with van der Waals surface area (Å²) in [4.78, 5) is 12.2. The zero-order chi connectivity index (χ0) is 17.2. The van der Waals surface area contributed by atoms with Crippen LogP contribution >= 0.6 is 11.6 Å². The van der Waals surface area contributed by atoms with Gasteiger partial charge in [0.15, 0.2) is 0 Å². The van der Waals surface area contributed by atoms with E-state index in [0.29, 0.717) is 18.0 Å². The van der Waals surface area contributed by atoms with Gasteiger partial charge in [0.05, 0.1) is 19.6 Å². The van der Waals surface area contributed by atoms with E-state index < -0.39 is 0 Å². The highest BCUT2D eigenvalue weighted by Crippen LogP contribution is 2.40. The van der Waals surface area contributed by atoms with Crippen LogP contribution in [0.2, 0.25) is 5.02 Å². The predicted octanol–water partition coefficient (Wildman–Crippen LogP) is 3.11. The first kappa shape index (κ1) is 16.3. The number of halogens is 1. The standard InChI is InChI=1S/C20H20ClNO3/c21-15-3-1-13(2-4-15)11-19(23)22-8-5-17-16-7-10-24-18(16)12-14-6-9-25-20(14)17/h1-4,12H,5-11H2,(H,22,23). The highest BCUT2D eigenvalue weighted by atomic mass is 35.5. The van der Waals surface area contributed by atoms with Gasteiger partial charge in [-0.05, 0) is 30.2 Å². The largest absolute Gasteiger partial charge is 0.493 e. The van der Waals surface area contributed by atoms with Crippen molar-refractivity contribution in [1.29, 1.82) is 0 Å². The Morgan fingerprint density at radius 1 is 1.12 bits per heavy atom. The summed E-state index contributed by atoms with van der Waals surface area (Å²) >= 11 is 5.87. The third-order valence-corrected chi connectivity index (χ3v) is 4.99. The molecule has 130 valence electrons. The first-order chi connectivity index (χ1) is 12.2. The second-order valence-electron chi connectivity index (χ2n) is 6.42. The Morgan fingerprint density at radius 2 is 1.92 bits per heavy atom. The summed E-state index contributed by atoms with van der Waals surface area (Å²) in [6.07, 6.45) is 2.98. The van der Waals surface area contributed by atoms with Gasteiger partial charge < -0.3 is 14.8 Å². The van der Waals surface area contributed by atoms with Crippen molar-refractivity contribution < 1.29 is 14.3 Å². The molecule has 0 unspecified atom stereocenters. The summed E-state index contributed by atoms with van der Waals surface area (Å²) in [5.74, 6) is 2.02. The minimum absolute atomic E-state index is 0.0173. The van der Waals surface area contributed by atoms with Crippen LogP contribution in [0.3, 0.4) is 0 Å². The number of benzene rings is 2. The first-order valence-electron chi connectivity index (χ1n) is 8.65. The fourth-order valence-corrected chi connectivity index (χ4v) is 3.65. The van der Waals surface area contributed by atoms with Gasteiger partial charge in [-0.3, -0.25) is 4.79 Å². The van der Waals surface area contributed by atoms with Crippen LogP contribution in [0.25, 0.3) is 0 Å². The van der Waals surface area contributed by atoms with Crippen molar-refractivity contribution in [2.24, 2.45) is 0 Å². The SMILES string of the molecule is O=C(Cc1ccc(Cl)cc1)NCCc1c2c(cc3c1OCC3)OCC2. The van der Waals surface area contributed by atoms with Crippen LogP contribution in [0.4, 0.5) is 0 Å². The summed E-state index contributed by atoms with van der Waals surface area (Å²) < 4.78 is 11.6. The summed E-state index contributed by atoms with van der Waals surface area (Å²) in [5, 5.41) is 3.69. The Bertz CT molecular complexity index is 769. The van der Waals surface area contributed by atoms with Gasteiger partial charge in [-0.15, -0.1) is 0 Å². The number of fused-ring (bicyclic) bond motifs is 2. The molecule has 0 bridgehead atoms. The van der Waals surface area contributed by atoms with Crippen LogP contribution < -0.4 is 14.8 Å². The second kappa shape index (κ2) is 6.96. The van der Waals surface area contributed by atoms with Crippen molar-refractivity contribution in [1.82, 2.24) is 5.32 Å². The predicted molar refractivity (Wildman–Crippen MR) is 96.7 cm³/mol. The number of ether oxygens (including phenoxy) is 2. The Morgan fingerprint density at radius 3 is 2.76 bits per heavy atom. The average Bonchev–Trinajstić information content (AvgIpc) is 3.25. The molecule has 5 heteroatoms. The number of nitrogens with one attached hydrogen (secondary N) is 1. The minimum atomic E-state index is 0.0173. The van der Waals surface area contributed by atoms with Crippen molar-refractivity contribution in [2.75, 3.05) is 19.8 Å². The molecule has 4 nitrogen and oxygen atoms in total. The van der Waals surface area contributed by atoms with Crippen LogP contribution in [0.15, 0.2) is 30.3 Å². The lowest BCUT2D eigenvalue weighted by molar-refractivity contribution is -0.120. The van der Waals surface area contributed by atoms with E-state index >= 15 is 0 Å². The van der Waals surface area contributed by atoms with Crippen molar-refractivity contribution in [3.63, 3.8) is 0 Å². The highest BCUT2D eigenvalue weighted by molar-refractivity contribution is 6.30. The fourth-order valence-electron chi connectivity index (χ4n) is 3.53. The zero-order valence-electron chi connectivity index (χ0n) is 13.9. The van der Waals surface area contributed by atoms with E-state index in [9.17, 15) is 4.79 Å². The summed E-state index contributed by atoms with van der Waals surface area (Å²) in [6.45, 7) is 2.06. The Balaban J connectivity index is 1.39. The number of hydrogen-bond acceptors (Lipinski definition) is 3. The van der Waals surface area contributed by atoms with E-state index in [4.69, 9.17) is 21.1 Å². The number of carbonyl (C=O) groups excluding carboxylic acids is 1. The van der Waals surface area contributed by atoms with Crippen molar-refractivity contribution in [3.8, 4) is 11.5 Å². The van der Waals surface area contributed by atoms with Crippen molar-refractivity contribution >= 4 is 17.5 Å². The van der Waals surface area contributed by atoms with Gasteiger partial charge >= 0.3 is 0 Å².